The van der Waals surface area contributed by atoms with Crippen molar-refractivity contribution in [1.29, 1.82) is 0 Å². The first kappa shape index (κ1) is 17.2. The lowest BCUT2D eigenvalue weighted by Crippen LogP contribution is -2.52. The van der Waals surface area contributed by atoms with E-state index in [4.69, 9.17) is 15.2 Å². The summed E-state index contributed by atoms with van der Waals surface area (Å²) in [5.74, 6) is 1.63. The van der Waals surface area contributed by atoms with Gasteiger partial charge in [0.1, 0.15) is 5.75 Å². The molecule has 2 aliphatic heterocycles. The van der Waals surface area contributed by atoms with Crippen molar-refractivity contribution in [1.82, 2.24) is 4.90 Å². The summed E-state index contributed by atoms with van der Waals surface area (Å²) in [7, 11) is 1.69. The van der Waals surface area contributed by atoms with Crippen molar-refractivity contribution in [3.8, 4) is 5.75 Å². The molecule has 1 aromatic carbocycles. The summed E-state index contributed by atoms with van der Waals surface area (Å²) in [6.45, 7) is 3.32. The highest BCUT2D eigenvalue weighted by Crippen LogP contribution is 2.35. The fraction of sp³-hybridized carbons (Fsp3) is 0.632. The first-order valence-electron chi connectivity index (χ1n) is 8.90. The average Bonchev–Trinajstić information content (AvgIpc) is 2.68. The summed E-state index contributed by atoms with van der Waals surface area (Å²) in [6.07, 6.45) is 3.49. The minimum Gasteiger partial charge on any atom is -0.497 e. The third-order valence-corrected chi connectivity index (χ3v) is 5.64. The van der Waals surface area contributed by atoms with E-state index in [-0.39, 0.29) is 5.91 Å². The molecule has 5 heteroatoms. The molecule has 1 aromatic rings. The number of nitrogens with zero attached hydrogens (tertiary/aromatic N) is 1. The van der Waals surface area contributed by atoms with Crippen LogP contribution in [0.1, 0.15) is 37.2 Å². The van der Waals surface area contributed by atoms with Gasteiger partial charge in [-0.15, -0.1) is 0 Å². The molecule has 0 saturated carbocycles. The number of carbonyl (C=O) groups excluding carboxylic acids is 1. The van der Waals surface area contributed by atoms with Gasteiger partial charge in [0.05, 0.1) is 12.5 Å². The number of ether oxygens (including phenoxy) is 2. The van der Waals surface area contributed by atoms with Crippen LogP contribution in [-0.2, 0) is 9.53 Å². The molecule has 2 N–H and O–H groups in total. The Morgan fingerprint density at radius 1 is 1.33 bits per heavy atom. The lowest BCUT2D eigenvalue weighted by atomic mass is 9.78. The maximum Gasteiger partial charge on any atom is 0.230 e. The number of benzene rings is 1. The molecule has 0 spiro atoms. The Labute approximate surface area is 144 Å². The van der Waals surface area contributed by atoms with Crippen LogP contribution >= 0.6 is 0 Å². The molecule has 2 aliphatic rings. The summed E-state index contributed by atoms with van der Waals surface area (Å²) < 4.78 is 10.7. The zero-order chi connectivity index (χ0) is 17.0. The number of hydrogen-bond donors (Lipinski definition) is 1. The largest absolute Gasteiger partial charge is 0.497 e. The molecule has 5 nitrogen and oxygen atoms in total. The Hall–Kier alpha value is -1.59. The fourth-order valence-electron chi connectivity index (χ4n) is 3.91. The standard InChI is InChI=1S/C19H28N2O3/c1-23-17-4-2-3-16(13-17)15-5-9-21(10-6-15)18(22)19(14-20)7-11-24-12-8-19/h2-4,13,15H,5-12,14,20H2,1H3. The van der Waals surface area contributed by atoms with E-state index in [9.17, 15) is 4.79 Å². The summed E-state index contributed by atoms with van der Waals surface area (Å²) in [4.78, 5) is 15.0. The molecule has 3 rings (SSSR count). The van der Waals surface area contributed by atoms with Gasteiger partial charge in [0.15, 0.2) is 0 Å². The summed E-state index contributed by atoms with van der Waals surface area (Å²) in [5.41, 5.74) is 6.88. The smallest absolute Gasteiger partial charge is 0.230 e. The topological polar surface area (TPSA) is 64.8 Å². The van der Waals surface area contributed by atoms with Gasteiger partial charge in [0, 0.05) is 32.8 Å². The van der Waals surface area contributed by atoms with E-state index in [0.717, 1.165) is 44.5 Å². The number of methoxy groups -OCH3 is 1. The van der Waals surface area contributed by atoms with Crippen molar-refractivity contribution < 1.29 is 14.3 Å². The lowest BCUT2D eigenvalue weighted by molar-refractivity contribution is -0.148. The van der Waals surface area contributed by atoms with E-state index in [0.29, 0.717) is 25.7 Å². The van der Waals surface area contributed by atoms with Gasteiger partial charge in [-0.1, -0.05) is 12.1 Å². The predicted molar refractivity (Wildman–Crippen MR) is 93.1 cm³/mol. The van der Waals surface area contributed by atoms with E-state index in [2.05, 4.69) is 12.1 Å². The summed E-state index contributed by atoms with van der Waals surface area (Å²) in [5, 5.41) is 0. The van der Waals surface area contributed by atoms with Crippen molar-refractivity contribution in [2.24, 2.45) is 11.1 Å². The van der Waals surface area contributed by atoms with Crippen LogP contribution in [0.2, 0.25) is 0 Å². The zero-order valence-corrected chi connectivity index (χ0v) is 14.5. The second kappa shape index (κ2) is 7.53. The molecule has 0 bridgehead atoms. The number of rotatable bonds is 4. The maximum atomic E-state index is 13.0. The molecule has 1 amide bonds. The van der Waals surface area contributed by atoms with Crippen molar-refractivity contribution in [3.63, 3.8) is 0 Å². The first-order chi connectivity index (χ1) is 11.7. The third-order valence-electron chi connectivity index (χ3n) is 5.64. The number of amides is 1. The van der Waals surface area contributed by atoms with Crippen LogP contribution in [0, 0.1) is 5.41 Å². The van der Waals surface area contributed by atoms with Gasteiger partial charge in [0.2, 0.25) is 5.91 Å². The van der Waals surface area contributed by atoms with Crippen LogP contribution in [0.25, 0.3) is 0 Å². The summed E-state index contributed by atoms with van der Waals surface area (Å²) >= 11 is 0. The Morgan fingerprint density at radius 3 is 2.67 bits per heavy atom. The van der Waals surface area contributed by atoms with E-state index in [1.807, 2.05) is 17.0 Å². The highest BCUT2D eigenvalue weighted by molar-refractivity contribution is 5.83. The van der Waals surface area contributed by atoms with Crippen molar-refractivity contribution >= 4 is 5.91 Å². The molecule has 2 saturated heterocycles. The van der Waals surface area contributed by atoms with Crippen molar-refractivity contribution in [2.75, 3.05) is 40.0 Å². The first-order valence-corrected chi connectivity index (χ1v) is 8.90. The maximum absolute atomic E-state index is 13.0. The highest BCUT2D eigenvalue weighted by atomic mass is 16.5. The number of nitrogens with two attached hydrogens (primary N) is 1. The number of likely N-dealkylation sites (tertiary alicyclic amines) is 1. The van der Waals surface area contributed by atoms with Crippen LogP contribution < -0.4 is 10.5 Å². The second-order valence-electron chi connectivity index (χ2n) is 6.94. The van der Waals surface area contributed by atoms with Gasteiger partial charge in [-0.2, -0.15) is 0 Å². The Morgan fingerprint density at radius 2 is 2.04 bits per heavy atom. The predicted octanol–water partition coefficient (Wildman–Crippen LogP) is 2.16. The number of hydrogen-bond acceptors (Lipinski definition) is 4. The van der Waals surface area contributed by atoms with E-state index in [1.165, 1.54) is 5.56 Å². The molecule has 0 atom stereocenters. The normalized spacial score (nSPS) is 21.5. The second-order valence-corrected chi connectivity index (χ2v) is 6.94. The fourth-order valence-corrected chi connectivity index (χ4v) is 3.91. The van der Waals surface area contributed by atoms with Gasteiger partial charge in [0.25, 0.3) is 0 Å². The Balaban J connectivity index is 1.62. The van der Waals surface area contributed by atoms with Gasteiger partial charge in [-0.25, -0.2) is 0 Å². The van der Waals surface area contributed by atoms with Gasteiger partial charge < -0.3 is 20.1 Å². The number of carbonyl (C=O) groups is 1. The van der Waals surface area contributed by atoms with E-state index >= 15 is 0 Å². The van der Waals surface area contributed by atoms with Crippen LogP contribution in [0.4, 0.5) is 0 Å². The quantitative estimate of drug-likeness (QED) is 0.918. The van der Waals surface area contributed by atoms with Crippen LogP contribution in [-0.4, -0.2) is 50.8 Å². The number of piperidine rings is 1. The van der Waals surface area contributed by atoms with Crippen LogP contribution in [0.15, 0.2) is 24.3 Å². The molecule has 2 heterocycles. The SMILES string of the molecule is COc1cccc(C2CCN(C(=O)C3(CN)CCOCC3)CC2)c1. The van der Waals surface area contributed by atoms with E-state index < -0.39 is 5.41 Å². The average molecular weight is 332 g/mol. The Kier molecular flexibility index (Phi) is 5.41. The monoisotopic (exact) mass is 332 g/mol. The van der Waals surface area contributed by atoms with E-state index in [1.54, 1.807) is 7.11 Å². The zero-order valence-electron chi connectivity index (χ0n) is 14.5. The van der Waals surface area contributed by atoms with Crippen LogP contribution in [0.5, 0.6) is 5.75 Å². The Bertz CT molecular complexity index is 561. The van der Waals surface area contributed by atoms with Crippen molar-refractivity contribution in [2.45, 2.75) is 31.6 Å². The minimum atomic E-state index is -0.402. The highest BCUT2D eigenvalue weighted by Gasteiger charge is 2.42. The molecule has 0 unspecified atom stereocenters. The van der Waals surface area contributed by atoms with Crippen molar-refractivity contribution in [3.05, 3.63) is 29.8 Å². The van der Waals surface area contributed by atoms with Gasteiger partial charge in [-0.3, -0.25) is 4.79 Å². The molecule has 0 radical (unpaired) electrons. The van der Waals surface area contributed by atoms with Crippen LogP contribution in [0.3, 0.4) is 0 Å². The molecule has 0 aromatic heterocycles. The summed E-state index contributed by atoms with van der Waals surface area (Å²) in [6, 6.07) is 8.28. The minimum absolute atomic E-state index is 0.234. The lowest BCUT2D eigenvalue weighted by Gasteiger charge is -2.41. The molecular weight excluding hydrogens is 304 g/mol. The molecule has 132 valence electrons. The molecule has 24 heavy (non-hydrogen) atoms. The molecule has 2 fully saturated rings. The van der Waals surface area contributed by atoms with Gasteiger partial charge in [-0.05, 0) is 49.3 Å². The van der Waals surface area contributed by atoms with Gasteiger partial charge >= 0.3 is 0 Å². The third kappa shape index (κ3) is 3.42. The molecule has 0 aliphatic carbocycles. The molecular formula is C19H28N2O3.